The van der Waals surface area contributed by atoms with Crippen LogP contribution in [-0.2, 0) is 0 Å². The zero-order chi connectivity index (χ0) is 15.9. The van der Waals surface area contributed by atoms with Gasteiger partial charge in [-0.2, -0.15) is 0 Å². The van der Waals surface area contributed by atoms with Crippen LogP contribution < -0.4 is 10.2 Å². The van der Waals surface area contributed by atoms with Gasteiger partial charge in [0.15, 0.2) is 0 Å². The zero-order valence-electron chi connectivity index (χ0n) is 13.1. The minimum absolute atomic E-state index is 0.757. The number of fused-ring (bicyclic) bond motifs is 1. The predicted molar refractivity (Wildman–Crippen MR) is 98.4 cm³/mol. The fourth-order valence-electron chi connectivity index (χ4n) is 2.64. The second-order valence-electron chi connectivity index (χ2n) is 6.46. The number of nitrogens with zero attached hydrogens (tertiary/aromatic N) is 1. The van der Waals surface area contributed by atoms with E-state index in [9.17, 15) is 0 Å². The summed E-state index contributed by atoms with van der Waals surface area (Å²) in [5, 5.41) is 3.12. The Labute approximate surface area is 136 Å². The van der Waals surface area contributed by atoms with Crippen molar-refractivity contribution in [2.24, 2.45) is 0 Å². The first kappa shape index (κ1) is 14.9. The summed E-state index contributed by atoms with van der Waals surface area (Å²) in [4.78, 5) is 0. The molecule has 112 valence electrons. The number of hydrogen-bond donors (Lipinski definition) is 1. The molecule has 0 radical (unpaired) electrons. The minimum atomic E-state index is 0.757. The first-order chi connectivity index (χ1) is 10.4. The summed E-state index contributed by atoms with van der Waals surface area (Å²) < 4.78 is 0.767. The second-order valence-corrected chi connectivity index (χ2v) is 6.87. The molecule has 0 fully saturated rings. The Kier molecular flexibility index (Phi) is 3.59. The molecule has 0 saturated heterocycles. The molecule has 0 spiro atoms. The Morgan fingerprint density at radius 2 is 1.50 bits per heavy atom. The molecule has 3 aromatic carbocycles. The van der Waals surface area contributed by atoms with Crippen LogP contribution in [0, 0.1) is 0 Å². The topological polar surface area (TPSA) is 26.0 Å². The monoisotopic (exact) mass is 311 g/mol. The molecule has 0 amide bonds. The lowest BCUT2D eigenvalue weighted by atomic mass is 9.97. The normalized spacial score (nSPS) is 11.8. The van der Waals surface area contributed by atoms with Crippen molar-refractivity contribution in [1.82, 2.24) is 4.48 Å². The molecule has 0 aliphatic carbocycles. The van der Waals surface area contributed by atoms with E-state index in [4.69, 9.17) is 17.3 Å². The molecule has 3 rings (SSSR count). The Morgan fingerprint density at radius 1 is 0.864 bits per heavy atom. The molecule has 22 heavy (non-hydrogen) atoms. The quantitative estimate of drug-likeness (QED) is 0.526. The van der Waals surface area contributed by atoms with Crippen molar-refractivity contribution in [2.45, 2.75) is 0 Å². The zero-order valence-corrected chi connectivity index (χ0v) is 13.9. The molecule has 0 unspecified atom stereocenters. The summed E-state index contributed by atoms with van der Waals surface area (Å²) in [6.07, 6.45) is 0. The van der Waals surface area contributed by atoms with E-state index in [0.717, 1.165) is 26.3 Å². The molecule has 0 aliphatic heterocycles. The number of benzene rings is 3. The third-order valence-electron chi connectivity index (χ3n) is 3.93. The molecule has 2 N–H and O–H groups in total. The van der Waals surface area contributed by atoms with Gasteiger partial charge in [0.05, 0.1) is 21.1 Å². The van der Waals surface area contributed by atoms with Gasteiger partial charge in [0, 0.05) is 22.3 Å². The highest BCUT2D eigenvalue weighted by Gasteiger charge is 2.15. The van der Waals surface area contributed by atoms with E-state index in [2.05, 4.69) is 45.4 Å². The van der Waals surface area contributed by atoms with Crippen LogP contribution in [0.1, 0.15) is 0 Å². The standard InChI is InChI=1S/C19H20ClN2/c1-22(2,3)16-10-6-13-7-11-18(20)19(17(13)12-16)14-4-8-15(21)9-5-14/h4-12H,21H2,1-3H3/q+1. The van der Waals surface area contributed by atoms with Crippen molar-refractivity contribution in [3.8, 4) is 11.1 Å². The summed E-state index contributed by atoms with van der Waals surface area (Å²) in [5.74, 6) is 0. The maximum Gasteiger partial charge on any atom is 0.132 e. The molecule has 0 aromatic heterocycles. The Bertz CT molecular complexity index is 830. The minimum Gasteiger partial charge on any atom is -0.399 e. The molecule has 0 aliphatic rings. The van der Waals surface area contributed by atoms with Crippen LogP contribution in [0.25, 0.3) is 21.9 Å². The van der Waals surface area contributed by atoms with Gasteiger partial charge < -0.3 is 5.73 Å². The first-order valence-electron chi connectivity index (χ1n) is 7.26. The van der Waals surface area contributed by atoms with Crippen LogP contribution in [0.4, 0.5) is 11.4 Å². The summed E-state index contributed by atoms with van der Waals surface area (Å²) >= 11 is 6.51. The summed E-state index contributed by atoms with van der Waals surface area (Å²) in [7, 11) is 6.48. The highest BCUT2D eigenvalue weighted by molar-refractivity contribution is 6.35. The summed E-state index contributed by atoms with van der Waals surface area (Å²) in [6.45, 7) is 0. The Hall–Kier alpha value is -2.03. The van der Waals surface area contributed by atoms with Gasteiger partial charge in [0.1, 0.15) is 5.69 Å². The first-order valence-corrected chi connectivity index (χ1v) is 7.64. The Morgan fingerprint density at radius 3 is 2.14 bits per heavy atom. The van der Waals surface area contributed by atoms with Crippen molar-refractivity contribution >= 4 is 33.7 Å². The number of nitrogens with two attached hydrogens (primary N) is 1. The van der Waals surface area contributed by atoms with Crippen LogP contribution in [0.3, 0.4) is 0 Å². The van der Waals surface area contributed by atoms with Crippen molar-refractivity contribution in [1.29, 1.82) is 0 Å². The van der Waals surface area contributed by atoms with E-state index in [1.165, 1.54) is 16.5 Å². The molecule has 0 atom stereocenters. The predicted octanol–water partition coefficient (Wildman–Crippen LogP) is 4.94. The van der Waals surface area contributed by atoms with Crippen molar-refractivity contribution in [3.05, 3.63) is 59.6 Å². The van der Waals surface area contributed by atoms with Gasteiger partial charge in [-0.1, -0.05) is 29.8 Å². The van der Waals surface area contributed by atoms with Gasteiger partial charge in [-0.3, -0.25) is 4.48 Å². The molecule has 3 heteroatoms. The number of nitrogen functional groups attached to an aromatic ring is 1. The molecule has 0 heterocycles. The van der Waals surface area contributed by atoms with Crippen molar-refractivity contribution < 1.29 is 0 Å². The summed E-state index contributed by atoms with van der Waals surface area (Å²) in [6, 6.07) is 18.5. The average molecular weight is 312 g/mol. The maximum absolute atomic E-state index is 6.51. The smallest absolute Gasteiger partial charge is 0.132 e. The fraction of sp³-hybridized carbons (Fsp3) is 0.158. The maximum atomic E-state index is 6.51. The third kappa shape index (κ3) is 2.68. The number of halogens is 1. The van der Waals surface area contributed by atoms with Gasteiger partial charge in [-0.15, -0.1) is 0 Å². The molecule has 2 nitrogen and oxygen atoms in total. The fourth-order valence-corrected chi connectivity index (χ4v) is 2.92. The second kappa shape index (κ2) is 5.31. The lowest BCUT2D eigenvalue weighted by Crippen LogP contribution is -2.34. The van der Waals surface area contributed by atoms with Gasteiger partial charge in [-0.05, 0) is 46.7 Å². The highest BCUT2D eigenvalue weighted by Crippen LogP contribution is 2.37. The van der Waals surface area contributed by atoms with E-state index in [-0.39, 0.29) is 0 Å². The molecular weight excluding hydrogens is 292 g/mol. The van der Waals surface area contributed by atoms with Gasteiger partial charge in [0.2, 0.25) is 0 Å². The van der Waals surface area contributed by atoms with Crippen LogP contribution >= 0.6 is 11.6 Å². The number of rotatable bonds is 2. The lowest BCUT2D eigenvalue weighted by Gasteiger charge is -2.24. The SMILES string of the molecule is C[N+](C)(C)c1ccc2ccc(Cl)c(-c3ccc(N)cc3)c2c1. The lowest BCUT2D eigenvalue weighted by molar-refractivity contribution is 0.487. The van der Waals surface area contributed by atoms with E-state index in [0.29, 0.717) is 0 Å². The van der Waals surface area contributed by atoms with E-state index in [1.54, 1.807) is 0 Å². The number of anilines is 1. The van der Waals surface area contributed by atoms with Crippen LogP contribution in [0.15, 0.2) is 54.6 Å². The van der Waals surface area contributed by atoms with E-state index in [1.807, 2.05) is 30.3 Å². The molecular formula is C19H20ClN2+. The average Bonchev–Trinajstić information content (AvgIpc) is 2.47. The molecule has 0 bridgehead atoms. The van der Waals surface area contributed by atoms with Gasteiger partial charge in [-0.25, -0.2) is 0 Å². The van der Waals surface area contributed by atoms with Crippen LogP contribution in [-0.4, -0.2) is 21.1 Å². The van der Waals surface area contributed by atoms with Crippen LogP contribution in [0.2, 0.25) is 5.02 Å². The van der Waals surface area contributed by atoms with Gasteiger partial charge >= 0.3 is 0 Å². The largest absolute Gasteiger partial charge is 0.399 e. The summed E-state index contributed by atoms with van der Waals surface area (Å²) in [5.41, 5.74) is 9.95. The van der Waals surface area contributed by atoms with Crippen LogP contribution in [0.5, 0.6) is 0 Å². The third-order valence-corrected chi connectivity index (χ3v) is 4.24. The molecule has 3 aromatic rings. The number of hydrogen-bond acceptors (Lipinski definition) is 1. The van der Waals surface area contributed by atoms with Crippen molar-refractivity contribution in [3.63, 3.8) is 0 Å². The van der Waals surface area contributed by atoms with E-state index >= 15 is 0 Å². The number of quaternary nitrogens is 1. The highest BCUT2D eigenvalue weighted by atomic mass is 35.5. The van der Waals surface area contributed by atoms with Crippen molar-refractivity contribution in [2.75, 3.05) is 26.9 Å². The van der Waals surface area contributed by atoms with E-state index < -0.39 is 0 Å². The Balaban J connectivity index is 2.32. The molecule has 0 saturated carbocycles. The van der Waals surface area contributed by atoms with Gasteiger partial charge in [0.25, 0.3) is 0 Å².